The normalized spacial score (nSPS) is 14.3. The summed E-state index contributed by atoms with van der Waals surface area (Å²) in [5.41, 5.74) is 4.91. The summed E-state index contributed by atoms with van der Waals surface area (Å²) in [5.74, 6) is 1.88. The lowest BCUT2D eigenvalue weighted by Gasteiger charge is -2.05. The largest absolute Gasteiger partial charge is 0.481 e. The zero-order valence-electron chi connectivity index (χ0n) is 14.1. The number of hydrogen-bond acceptors (Lipinski definition) is 5. The summed E-state index contributed by atoms with van der Waals surface area (Å²) < 4.78 is 7.17. The van der Waals surface area contributed by atoms with E-state index in [4.69, 9.17) is 9.84 Å². The van der Waals surface area contributed by atoms with Crippen molar-refractivity contribution in [2.24, 2.45) is 7.05 Å². The molecular weight excluding hydrogens is 316 g/mol. The average molecular weight is 334 g/mol. The van der Waals surface area contributed by atoms with Crippen molar-refractivity contribution in [3.63, 3.8) is 0 Å². The molecule has 0 bridgehead atoms. The van der Waals surface area contributed by atoms with Gasteiger partial charge in [0.25, 0.3) is 0 Å². The maximum absolute atomic E-state index is 5.21. The first-order chi connectivity index (χ1) is 12.2. The van der Waals surface area contributed by atoms with Crippen molar-refractivity contribution in [1.29, 1.82) is 0 Å². The molecule has 4 aromatic rings. The molecule has 25 heavy (non-hydrogen) atoms. The van der Waals surface area contributed by atoms with Crippen LogP contribution in [0.15, 0.2) is 30.3 Å². The smallest absolute Gasteiger partial charge is 0.213 e. The van der Waals surface area contributed by atoms with Crippen molar-refractivity contribution < 1.29 is 4.74 Å². The lowest BCUT2D eigenvalue weighted by molar-refractivity contribution is 0.399. The number of rotatable bonds is 4. The molecule has 0 radical (unpaired) electrons. The number of hydrogen-bond donors (Lipinski definition) is 2. The second-order valence-corrected chi connectivity index (χ2v) is 6.46. The molecule has 1 aliphatic rings. The maximum atomic E-state index is 5.21. The van der Waals surface area contributed by atoms with Crippen LogP contribution in [0.4, 0.5) is 11.5 Å². The van der Waals surface area contributed by atoms with Gasteiger partial charge >= 0.3 is 0 Å². The molecule has 0 atom stereocenters. The summed E-state index contributed by atoms with van der Waals surface area (Å²) in [5, 5.41) is 16.6. The SMILES string of the molecule is COc1ccc2[nH]nc(Nc3ccc4c(C5CC5)nn(C)c4c3)c2n1. The molecule has 7 nitrogen and oxygen atoms in total. The van der Waals surface area contributed by atoms with E-state index in [1.807, 2.05) is 23.9 Å². The van der Waals surface area contributed by atoms with Crippen molar-refractivity contribution in [3.8, 4) is 5.88 Å². The molecule has 126 valence electrons. The summed E-state index contributed by atoms with van der Waals surface area (Å²) in [6, 6.07) is 10.0. The Morgan fingerprint density at radius 2 is 2.12 bits per heavy atom. The number of benzene rings is 1. The molecule has 1 aliphatic carbocycles. The molecule has 5 rings (SSSR count). The van der Waals surface area contributed by atoms with Gasteiger partial charge in [0.15, 0.2) is 5.82 Å². The Morgan fingerprint density at radius 3 is 2.92 bits per heavy atom. The number of aromatic nitrogens is 5. The van der Waals surface area contributed by atoms with E-state index in [-0.39, 0.29) is 0 Å². The molecule has 1 fully saturated rings. The molecule has 3 heterocycles. The molecule has 0 spiro atoms. The highest BCUT2D eigenvalue weighted by Crippen LogP contribution is 2.42. The van der Waals surface area contributed by atoms with Gasteiger partial charge in [-0.3, -0.25) is 9.78 Å². The molecule has 1 aromatic carbocycles. The average Bonchev–Trinajstić information content (AvgIpc) is 3.34. The van der Waals surface area contributed by atoms with Crippen molar-refractivity contribution in [2.75, 3.05) is 12.4 Å². The molecular formula is C18H18N6O. The first-order valence-electron chi connectivity index (χ1n) is 8.36. The van der Waals surface area contributed by atoms with Crippen LogP contribution >= 0.6 is 0 Å². The number of nitrogens with one attached hydrogen (secondary N) is 2. The molecule has 3 aromatic heterocycles. The van der Waals surface area contributed by atoms with Gasteiger partial charge in [-0.15, -0.1) is 0 Å². The lowest BCUT2D eigenvalue weighted by Crippen LogP contribution is -1.94. The number of ether oxygens (including phenoxy) is 1. The Labute approximate surface area is 144 Å². The first-order valence-corrected chi connectivity index (χ1v) is 8.36. The van der Waals surface area contributed by atoms with Crippen LogP contribution in [-0.2, 0) is 7.05 Å². The first kappa shape index (κ1) is 14.3. The van der Waals surface area contributed by atoms with E-state index in [9.17, 15) is 0 Å². The van der Waals surface area contributed by atoms with Crippen molar-refractivity contribution in [3.05, 3.63) is 36.0 Å². The van der Waals surface area contributed by atoms with Crippen LogP contribution in [0.25, 0.3) is 21.9 Å². The van der Waals surface area contributed by atoms with Crippen LogP contribution in [0.5, 0.6) is 5.88 Å². The molecule has 7 heteroatoms. The monoisotopic (exact) mass is 334 g/mol. The number of anilines is 2. The predicted molar refractivity (Wildman–Crippen MR) is 96.4 cm³/mol. The zero-order chi connectivity index (χ0) is 17.0. The van der Waals surface area contributed by atoms with Crippen LogP contribution < -0.4 is 10.1 Å². The van der Waals surface area contributed by atoms with Gasteiger partial charge in [0.2, 0.25) is 5.88 Å². The van der Waals surface area contributed by atoms with E-state index < -0.39 is 0 Å². The van der Waals surface area contributed by atoms with Crippen LogP contribution in [0, 0.1) is 0 Å². The Morgan fingerprint density at radius 1 is 1.24 bits per heavy atom. The van der Waals surface area contributed by atoms with Crippen molar-refractivity contribution >= 4 is 33.4 Å². The fourth-order valence-electron chi connectivity index (χ4n) is 3.24. The third-order valence-corrected chi connectivity index (χ3v) is 4.70. The Kier molecular flexibility index (Phi) is 2.97. The number of nitrogens with zero attached hydrogens (tertiary/aromatic N) is 4. The number of fused-ring (bicyclic) bond motifs is 2. The van der Waals surface area contributed by atoms with Gasteiger partial charge in [-0.1, -0.05) is 0 Å². The Bertz CT molecular complexity index is 1090. The summed E-state index contributed by atoms with van der Waals surface area (Å²) in [6.45, 7) is 0. The number of aryl methyl sites for hydroxylation is 1. The quantitative estimate of drug-likeness (QED) is 0.597. The molecule has 0 amide bonds. The van der Waals surface area contributed by atoms with E-state index in [1.54, 1.807) is 7.11 Å². The van der Waals surface area contributed by atoms with E-state index in [0.717, 1.165) is 22.2 Å². The minimum Gasteiger partial charge on any atom is -0.481 e. The molecule has 0 unspecified atom stereocenters. The molecule has 0 aliphatic heterocycles. The lowest BCUT2D eigenvalue weighted by atomic mass is 10.1. The third kappa shape index (κ3) is 2.31. The number of pyridine rings is 1. The highest BCUT2D eigenvalue weighted by atomic mass is 16.5. The van der Waals surface area contributed by atoms with Crippen LogP contribution in [0.3, 0.4) is 0 Å². The molecule has 1 saturated carbocycles. The van der Waals surface area contributed by atoms with Gasteiger partial charge in [0.05, 0.1) is 23.8 Å². The fraction of sp³-hybridized carbons (Fsp3) is 0.278. The van der Waals surface area contributed by atoms with E-state index in [1.165, 1.54) is 23.9 Å². The number of aromatic amines is 1. The zero-order valence-corrected chi connectivity index (χ0v) is 14.1. The van der Waals surface area contributed by atoms with Gasteiger partial charge in [-0.05, 0) is 37.1 Å². The fourth-order valence-corrected chi connectivity index (χ4v) is 3.24. The number of H-pyrrole nitrogens is 1. The minimum absolute atomic E-state index is 0.563. The van der Waals surface area contributed by atoms with Crippen LogP contribution in [0.2, 0.25) is 0 Å². The van der Waals surface area contributed by atoms with E-state index in [2.05, 4.69) is 38.7 Å². The van der Waals surface area contributed by atoms with Crippen LogP contribution in [0.1, 0.15) is 24.5 Å². The van der Waals surface area contributed by atoms with Gasteiger partial charge in [0, 0.05) is 30.1 Å². The summed E-state index contributed by atoms with van der Waals surface area (Å²) in [4.78, 5) is 4.47. The second kappa shape index (κ2) is 5.20. The van der Waals surface area contributed by atoms with Crippen LogP contribution in [-0.4, -0.2) is 32.1 Å². The highest BCUT2D eigenvalue weighted by molar-refractivity contribution is 5.91. The minimum atomic E-state index is 0.563. The van der Waals surface area contributed by atoms with Crippen molar-refractivity contribution in [2.45, 2.75) is 18.8 Å². The maximum Gasteiger partial charge on any atom is 0.213 e. The van der Waals surface area contributed by atoms with E-state index in [0.29, 0.717) is 17.6 Å². The van der Waals surface area contributed by atoms with Gasteiger partial charge in [0.1, 0.15) is 5.52 Å². The van der Waals surface area contributed by atoms with Gasteiger partial charge in [-0.25, -0.2) is 4.98 Å². The predicted octanol–water partition coefficient (Wildman–Crippen LogP) is 3.47. The standard InChI is InChI=1S/C18H18N6O/c1-24-14-9-11(5-6-12(14)16(23-24)10-3-4-10)19-18-17-13(21-22-18)7-8-15(20-17)25-2/h5-10H,3-4H2,1-2H3,(H2,19,21,22). The third-order valence-electron chi connectivity index (χ3n) is 4.70. The van der Waals surface area contributed by atoms with Gasteiger partial charge in [-0.2, -0.15) is 10.2 Å². The molecule has 0 saturated heterocycles. The second-order valence-electron chi connectivity index (χ2n) is 6.46. The molecule has 2 N–H and O–H groups in total. The summed E-state index contributed by atoms with van der Waals surface area (Å²) in [6.07, 6.45) is 2.50. The van der Waals surface area contributed by atoms with E-state index >= 15 is 0 Å². The van der Waals surface area contributed by atoms with Crippen molar-refractivity contribution in [1.82, 2.24) is 25.0 Å². The topological polar surface area (TPSA) is 80.6 Å². The van der Waals surface area contributed by atoms with Gasteiger partial charge < -0.3 is 10.1 Å². The number of methoxy groups -OCH3 is 1. The Hall–Kier alpha value is -3.09. The summed E-state index contributed by atoms with van der Waals surface area (Å²) >= 11 is 0. The summed E-state index contributed by atoms with van der Waals surface area (Å²) in [7, 11) is 3.60. The highest BCUT2D eigenvalue weighted by Gasteiger charge is 2.28. The Balaban J connectivity index is 1.54.